The van der Waals surface area contributed by atoms with E-state index in [2.05, 4.69) is 10.5 Å². The van der Waals surface area contributed by atoms with Crippen LogP contribution in [-0.2, 0) is 0 Å². The standard InChI is InChI=1S/C21H18N4O4/c1-13-11-23-29-19(13)20(26)24-17-7-8-25(18(17)14-5-3-2-4-6-14)21(27)15-9-16(10-22)28-12-15/h2-6,9,11-12,17-18H,7-8H2,1H3,(H,24,26)/t17-,18+/m1/s1. The third-order valence-electron chi connectivity index (χ3n) is 5.03. The molecule has 8 heteroatoms. The number of nitrogens with zero attached hydrogens (tertiary/aromatic N) is 3. The third kappa shape index (κ3) is 3.50. The number of aromatic nitrogens is 1. The predicted octanol–water partition coefficient (Wildman–Crippen LogP) is 2.83. The van der Waals surface area contributed by atoms with Crippen molar-refractivity contribution in [2.45, 2.75) is 25.4 Å². The van der Waals surface area contributed by atoms with Crippen LogP contribution in [0.1, 0.15) is 50.3 Å². The van der Waals surface area contributed by atoms with E-state index in [0.29, 0.717) is 24.1 Å². The number of aryl methyl sites for hydroxylation is 1. The Morgan fingerprint density at radius 1 is 1.31 bits per heavy atom. The highest BCUT2D eigenvalue weighted by atomic mass is 16.5. The van der Waals surface area contributed by atoms with Crippen molar-refractivity contribution in [1.82, 2.24) is 15.4 Å². The number of carbonyl (C=O) groups is 2. The summed E-state index contributed by atoms with van der Waals surface area (Å²) in [6.07, 6.45) is 3.35. The summed E-state index contributed by atoms with van der Waals surface area (Å²) in [5.74, 6) is -0.378. The summed E-state index contributed by atoms with van der Waals surface area (Å²) in [6, 6.07) is 12.2. The summed E-state index contributed by atoms with van der Waals surface area (Å²) in [7, 11) is 0. The number of nitrogens with one attached hydrogen (secondary N) is 1. The molecule has 1 aromatic carbocycles. The second-order valence-corrected chi connectivity index (χ2v) is 6.87. The Morgan fingerprint density at radius 3 is 2.76 bits per heavy atom. The van der Waals surface area contributed by atoms with Crippen LogP contribution in [0.4, 0.5) is 0 Å². The maximum Gasteiger partial charge on any atom is 0.290 e. The van der Waals surface area contributed by atoms with Crippen LogP contribution in [0.25, 0.3) is 0 Å². The van der Waals surface area contributed by atoms with Gasteiger partial charge >= 0.3 is 0 Å². The van der Waals surface area contributed by atoms with E-state index in [1.54, 1.807) is 11.8 Å². The zero-order valence-electron chi connectivity index (χ0n) is 15.7. The Balaban J connectivity index is 1.62. The second-order valence-electron chi connectivity index (χ2n) is 6.87. The van der Waals surface area contributed by atoms with Gasteiger partial charge in [0, 0.05) is 18.2 Å². The fourth-order valence-corrected chi connectivity index (χ4v) is 3.65. The minimum atomic E-state index is -0.365. The maximum absolute atomic E-state index is 13.1. The largest absolute Gasteiger partial charge is 0.453 e. The molecule has 0 aliphatic carbocycles. The van der Waals surface area contributed by atoms with Crippen LogP contribution in [0.2, 0.25) is 0 Å². The van der Waals surface area contributed by atoms with Gasteiger partial charge < -0.3 is 19.2 Å². The molecule has 0 spiro atoms. The van der Waals surface area contributed by atoms with Crippen LogP contribution in [-0.4, -0.2) is 34.5 Å². The van der Waals surface area contributed by atoms with Gasteiger partial charge in [0.25, 0.3) is 11.8 Å². The average molecular weight is 390 g/mol. The predicted molar refractivity (Wildman–Crippen MR) is 101 cm³/mol. The summed E-state index contributed by atoms with van der Waals surface area (Å²) in [6.45, 7) is 2.20. The third-order valence-corrected chi connectivity index (χ3v) is 5.03. The van der Waals surface area contributed by atoms with E-state index in [4.69, 9.17) is 14.2 Å². The Bertz CT molecular complexity index is 1080. The molecule has 1 fully saturated rings. The van der Waals surface area contributed by atoms with Gasteiger partial charge in [-0.2, -0.15) is 5.26 Å². The van der Waals surface area contributed by atoms with E-state index >= 15 is 0 Å². The molecule has 1 saturated heterocycles. The first-order chi connectivity index (χ1) is 14.1. The van der Waals surface area contributed by atoms with E-state index < -0.39 is 0 Å². The highest BCUT2D eigenvalue weighted by Gasteiger charge is 2.40. The Labute approximate surface area is 166 Å². The number of amides is 2. The molecule has 3 heterocycles. The zero-order valence-corrected chi connectivity index (χ0v) is 15.7. The number of carbonyl (C=O) groups excluding carboxylic acids is 2. The van der Waals surface area contributed by atoms with Crippen molar-refractivity contribution in [3.8, 4) is 6.07 Å². The Kier molecular flexibility index (Phi) is 4.87. The molecule has 0 bridgehead atoms. The minimum absolute atomic E-state index is 0.0782. The molecular weight excluding hydrogens is 372 g/mol. The number of hydrogen-bond acceptors (Lipinski definition) is 6. The lowest BCUT2D eigenvalue weighted by Crippen LogP contribution is -2.41. The van der Waals surface area contributed by atoms with Gasteiger partial charge in [0.1, 0.15) is 12.3 Å². The van der Waals surface area contributed by atoms with Crippen LogP contribution in [0.15, 0.2) is 57.8 Å². The zero-order chi connectivity index (χ0) is 20.4. The first-order valence-electron chi connectivity index (χ1n) is 9.15. The van der Waals surface area contributed by atoms with E-state index in [-0.39, 0.29) is 35.4 Å². The van der Waals surface area contributed by atoms with Gasteiger partial charge in [-0.25, -0.2) is 0 Å². The molecular formula is C21H18N4O4. The first kappa shape index (κ1) is 18.5. The van der Waals surface area contributed by atoms with Gasteiger partial charge in [0.15, 0.2) is 0 Å². The quantitative estimate of drug-likeness (QED) is 0.733. The molecule has 1 aliphatic rings. The summed E-state index contributed by atoms with van der Waals surface area (Å²) >= 11 is 0. The number of furan rings is 1. The molecule has 146 valence electrons. The SMILES string of the molecule is Cc1cnoc1C(=O)N[C@@H]1CCN(C(=O)c2coc(C#N)c2)[C@H]1c1ccccc1. The molecule has 8 nitrogen and oxygen atoms in total. The summed E-state index contributed by atoms with van der Waals surface area (Å²) in [5.41, 5.74) is 1.86. The van der Waals surface area contributed by atoms with Crippen LogP contribution in [0.3, 0.4) is 0 Å². The van der Waals surface area contributed by atoms with Gasteiger partial charge in [0.05, 0.1) is 23.8 Å². The van der Waals surface area contributed by atoms with Crippen molar-refractivity contribution >= 4 is 11.8 Å². The summed E-state index contributed by atoms with van der Waals surface area (Å²) in [4.78, 5) is 27.4. The molecule has 1 aliphatic heterocycles. The van der Waals surface area contributed by atoms with Crippen LogP contribution < -0.4 is 5.32 Å². The molecule has 2 atom stereocenters. The second kappa shape index (κ2) is 7.64. The summed E-state index contributed by atoms with van der Waals surface area (Å²) in [5, 5.41) is 15.6. The minimum Gasteiger partial charge on any atom is -0.453 e. The van der Waals surface area contributed by atoms with Crippen LogP contribution >= 0.6 is 0 Å². The van der Waals surface area contributed by atoms with Gasteiger partial charge in [-0.15, -0.1) is 0 Å². The Morgan fingerprint density at radius 2 is 2.10 bits per heavy atom. The van der Waals surface area contributed by atoms with Crippen molar-refractivity contribution in [1.29, 1.82) is 5.26 Å². The van der Waals surface area contributed by atoms with E-state index in [1.165, 1.54) is 18.5 Å². The Hall–Kier alpha value is -3.86. The average Bonchev–Trinajstić information content (AvgIpc) is 3.47. The van der Waals surface area contributed by atoms with Crippen molar-refractivity contribution < 1.29 is 18.5 Å². The molecule has 0 unspecified atom stereocenters. The fraction of sp³-hybridized carbons (Fsp3) is 0.238. The lowest BCUT2D eigenvalue weighted by Gasteiger charge is -2.28. The molecule has 4 rings (SSSR count). The first-order valence-corrected chi connectivity index (χ1v) is 9.15. The number of nitriles is 1. The van der Waals surface area contributed by atoms with Crippen LogP contribution in [0.5, 0.6) is 0 Å². The van der Waals surface area contributed by atoms with Gasteiger partial charge in [0.2, 0.25) is 11.5 Å². The van der Waals surface area contributed by atoms with E-state index in [1.807, 2.05) is 36.4 Å². The molecule has 2 amide bonds. The number of likely N-dealkylation sites (tertiary alicyclic amines) is 1. The molecule has 1 N–H and O–H groups in total. The highest BCUT2D eigenvalue weighted by molar-refractivity contribution is 5.95. The van der Waals surface area contributed by atoms with E-state index in [9.17, 15) is 9.59 Å². The fourth-order valence-electron chi connectivity index (χ4n) is 3.65. The molecule has 0 saturated carbocycles. The van der Waals surface area contributed by atoms with Crippen molar-refractivity contribution in [3.63, 3.8) is 0 Å². The topological polar surface area (TPSA) is 112 Å². The lowest BCUT2D eigenvalue weighted by molar-refractivity contribution is 0.0711. The van der Waals surface area contributed by atoms with Crippen molar-refractivity contribution in [3.05, 3.63) is 77.1 Å². The molecule has 0 radical (unpaired) electrons. The maximum atomic E-state index is 13.1. The normalized spacial score (nSPS) is 18.4. The molecule has 3 aromatic rings. The number of hydrogen-bond donors (Lipinski definition) is 1. The van der Waals surface area contributed by atoms with Gasteiger partial charge in [-0.05, 0) is 18.9 Å². The number of benzene rings is 1. The molecule has 2 aromatic heterocycles. The smallest absolute Gasteiger partial charge is 0.290 e. The highest BCUT2D eigenvalue weighted by Crippen LogP contribution is 2.34. The summed E-state index contributed by atoms with van der Waals surface area (Å²) < 4.78 is 10.1. The van der Waals surface area contributed by atoms with Gasteiger partial charge in [-0.3, -0.25) is 9.59 Å². The van der Waals surface area contributed by atoms with Crippen LogP contribution in [0, 0.1) is 18.3 Å². The van der Waals surface area contributed by atoms with E-state index in [0.717, 1.165) is 5.56 Å². The molecule has 29 heavy (non-hydrogen) atoms. The van der Waals surface area contributed by atoms with Gasteiger partial charge in [-0.1, -0.05) is 35.5 Å². The van der Waals surface area contributed by atoms with Crippen molar-refractivity contribution in [2.75, 3.05) is 6.54 Å². The monoisotopic (exact) mass is 390 g/mol. The lowest BCUT2D eigenvalue weighted by atomic mass is 9.99. The van der Waals surface area contributed by atoms with Crippen molar-refractivity contribution in [2.24, 2.45) is 0 Å². The number of rotatable bonds is 4.